The number of hydrogen-bond acceptors (Lipinski definition) is 6. The molecule has 1 heterocycles. The Morgan fingerprint density at radius 2 is 1.88 bits per heavy atom. The number of nitrogens with one attached hydrogen (secondary N) is 1. The molecule has 0 aliphatic carbocycles. The number of anilines is 1. The standard InChI is InChI=1S/C29H27Br2FN4O4/c1-4-17(3)28-35-23-11-10-19(30)13-20(23)29(38)36(28)33-15-18-12-25(39-5-2)26(14-21(18)31)40-16-27(37)34-24-9-7-6-8-22(24)32/h6-15,17H,4-5,16H2,1-3H3,(H,34,37)/t17-/m1/s1. The number of carbonyl (C=O) groups excluding carboxylic acids is 1. The second-order valence-corrected chi connectivity index (χ2v) is 10.6. The summed E-state index contributed by atoms with van der Waals surface area (Å²) in [5.41, 5.74) is 1.01. The number of carbonyl (C=O) groups is 1. The predicted molar refractivity (Wildman–Crippen MR) is 161 cm³/mol. The Kier molecular flexibility index (Phi) is 9.70. The number of para-hydroxylation sites is 1. The van der Waals surface area contributed by atoms with Gasteiger partial charge in [-0.1, -0.05) is 41.9 Å². The molecule has 4 aromatic rings. The van der Waals surface area contributed by atoms with E-state index in [9.17, 15) is 14.0 Å². The van der Waals surface area contributed by atoms with Crippen LogP contribution in [0.2, 0.25) is 0 Å². The van der Waals surface area contributed by atoms with Gasteiger partial charge in [-0.05, 0) is 71.7 Å². The second kappa shape index (κ2) is 13.2. The van der Waals surface area contributed by atoms with Gasteiger partial charge in [0.15, 0.2) is 18.1 Å². The van der Waals surface area contributed by atoms with Gasteiger partial charge in [0, 0.05) is 20.4 Å². The van der Waals surface area contributed by atoms with Crippen molar-refractivity contribution in [1.29, 1.82) is 0 Å². The van der Waals surface area contributed by atoms with Crippen molar-refractivity contribution in [2.24, 2.45) is 5.10 Å². The third-order valence-electron chi connectivity index (χ3n) is 6.07. The van der Waals surface area contributed by atoms with E-state index in [1.165, 1.54) is 22.9 Å². The fourth-order valence-electron chi connectivity index (χ4n) is 3.82. The van der Waals surface area contributed by atoms with Gasteiger partial charge in [-0.2, -0.15) is 9.78 Å². The van der Waals surface area contributed by atoms with E-state index in [1.807, 2.05) is 26.8 Å². The summed E-state index contributed by atoms with van der Waals surface area (Å²) in [5.74, 6) is 0.168. The molecular weight excluding hydrogens is 647 g/mol. The van der Waals surface area contributed by atoms with Crippen molar-refractivity contribution in [1.82, 2.24) is 9.66 Å². The largest absolute Gasteiger partial charge is 0.490 e. The van der Waals surface area contributed by atoms with Crippen LogP contribution in [0.3, 0.4) is 0 Å². The summed E-state index contributed by atoms with van der Waals surface area (Å²) in [6, 6.07) is 14.6. The number of aromatic nitrogens is 2. The van der Waals surface area contributed by atoms with Crippen molar-refractivity contribution in [3.63, 3.8) is 0 Å². The molecule has 0 saturated heterocycles. The molecule has 8 nitrogen and oxygen atoms in total. The number of ether oxygens (including phenoxy) is 2. The molecule has 3 aromatic carbocycles. The average Bonchev–Trinajstić information content (AvgIpc) is 2.94. The summed E-state index contributed by atoms with van der Waals surface area (Å²) in [6.07, 6.45) is 2.32. The molecule has 0 spiro atoms. The molecule has 1 atom stereocenters. The zero-order valence-corrected chi connectivity index (χ0v) is 25.3. The maximum atomic E-state index is 13.9. The molecule has 0 bridgehead atoms. The van der Waals surface area contributed by atoms with Crippen LogP contribution in [0.5, 0.6) is 11.5 Å². The fraction of sp³-hybridized carbons (Fsp3) is 0.241. The van der Waals surface area contributed by atoms with Crippen molar-refractivity contribution in [3.8, 4) is 11.5 Å². The van der Waals surface area contributed by atoms with E-state index in [4.69, 9.17) is 14.5 Å². The lowest BCUT2D eigenvalue weighted by atomic mass is 10.1. The van der Waals surface area contributed by atoms with Gasteiger partial charge >= 0.3 is 0 Å². The SMILES string of the molecule is CCOc1cc(C=Nn2c([C@H](C)CC)nc3ccc(Br)cc3c2=O)c(Br)cc1OCC(=O)Nc1ccccc1F. The van der Waals surface area contributed by atoms with Gasteiger partial charge in [-0.25, -0.2) is 9.37 Å². The monoisotopic (exact) mass is 672 g/mol. The predicted octanol–water partition coefficient (Wildman–Crippen LogP) is 6.87. The smallest absolute Gasteiger partial charge is 0.282 e. The maximum Gasteiger partial charge on any atom is 0.282 e. The number of fused-ring (bicyclic) bond motifs is 1. The summed E-state index contributed by atoms with van der Waals surface area (Å²) in [6.45, 7) is 5.83. The minimum absolute atomic E-state index is 0.00777. The molecule has 208 valence electrons. The minimum atomic E-state index is -0.540. The van der Waals surface area contributed by atoms with Crippen molar-refractivity contribution in [2.45, 2.75) is 33.1 Å². The molecule has 1 aromatic heterocycles. The number of nitrogens with zero attached hydrogens (tertiary/aromatic N) is 3. The molecule has 0 unspecified atom stereocenters. The van der Waals surface area contributed by atoms with E-state index >= 15 is 0 Å². The van der Waals surface area contributed by atoms with Crippen LogP contribution in [0.4, 0.5) is 10.1 Å². The highest BCUT2D eigenvalue weighted by Crippen LogP contribution is 2.33. The minimum Gasteiger partial charge on any atom is -0.490 e. The average molecular weight is 674 g/mol. The van der Waals surface area contributed by atoms with Gasteiger partial charge in [0.2, 0.25) is 0 Å². The van der Waals surface area contributed by atoms with Crippen molar-refractivity contribution < 1.29 is 18.7 Å². The van der Waals surface area contributed by atoms with E-state index in [0.717, 1.165) is 10.9 Å². The number of rotatable bonds is 10. The number of benzene rings is 3. The molecule has 0 aliphatic rings. The number of halogens is 3. The first-order valence-corrected chi connectivity index (χ1v) is 14.2. The Morgan fingerprint density at radius 1 is 1.12 bits per heavy atom. The van der Waals surface area contributed by atoms with Crippen LogP contribution >= 0.6 is 31.9 Å². The third-order valence-corrected chi connectivity index (χ3v) is 7.25. The van der Waals surface area contributed by atoms with Crippen LogP contribution in [0, 0.1) is 5.82 Å². The van der Waals surface area contributed by atoms with E-state index in [-0.39, 0.29) is 23.8 Å². The molecule has 11 heteroatoms. The van der Waals surface area contributed by atoms with Gasteiger partial charge in [0.25, 0.3) is 11.5 Å². The van der Waals surface area contributed by atoms with E-state index in [0.29, 0.717) is 44.9 Å². The van der Waals surface area contributed by atoms with Crippen molar-refractivity contribution in [3.05, 3.63) is 91.1 Å². The van der Waals surface area contributed by atoms with Crippen LogP contribution in [-0.2, 0) is 4.79 Å². The van der Waals surface area contributed by atoms with Gasteiger partial charge < -0.3 is 14.8 Å². The first-order valence-electron chi connectivity index (χ1n) is 12.6. The highest BCUT2D eigenvalue weighted by Gasteiger charge is 2.17. The summed E-state index contributed by atoms with van der Waals surface area (Å²) in [5, 5.41) is 7.45. The second-order valence-electron chi connectivity index (χ2n) is 8.87. The van der Waals surface area contributed by atoms with Crippen LogP contribution in [0.25, 0.3) is 10.9 Å². The van der Waals surface area contributed by atoms with Gasteiger partial charge in [0.1, 0.15) is 11.6 Å². The first-order chi connectivity index (χ1) is 19.2. The zero-order valence-electron chi connectivity index (χ0n) is 22.1. The van der Waals surface area contributed by atoms with Crippen LogP contribution in [0.1, 0.15) is 44.5 Å². The third kappa shape index (κ3) is 6.76. The molecule has 0 radical (unpaired) electrons. The number of hydrogen-bond donors (Lipinski definition) is 1. The Hall–Kier alpha value is -3.57. The fourth-order valence-corrected chi connectivity index (χ4v) is 4.61. The quantitative estimate of drug-likeness (QED) is 0.185. The van der Waals surface area contributed by atoms with Gasteiger partial charge in [-0.3, -0.25) is 9.59 Å². The Labute approximate surface area is 247 Å². The van der Waals surface area contributed by atoms with Crippen LogP contribution in [-0.4, -0.2) is 35.0 Å². The summed E-state index contributed by atoms with van der Waals surface area (Å²) < 4.78 is 28.0. The van der Waals surface area contributed by atoms with Crippen molar-refractivity contribution in [2.75, 3.05) is 18.5 Å². The van der Waals surface area contributed by atoms with E-state index < -0.39 is 11.7 Å². The molecular formula is C29H27Br2FN4O4. The van der Waals surface area contributed by atoms with Gasteiger partial charge in [0.05, 0.1) is 29.4 Å². The summed E-state index contributed by atoms with van der Waals surface area (Å²) in [7, 11) is 0. The lowest BCUT2D eigenvalue weighted by molar-refractivity contribution is -0.118. The number of amides is 1. The van der Waals surface area contributed by atoms with Gasteiger partial charge in [-0.15, -0.1) is 0 Å². The van der Waals surface area contributed by atoms with Crippen molar-refractivity contribution >= 4 is 60.6 Å². The van der Waals surface area contributed by atoms with E-state index in [1.54, 1.807) is 36.5 Å². The Balaban J connectivity index is 1.63. The highest BCUT2D eigenvalue weighted by atomic mass is 79.9. The normalized spacial score (nSPS) is 12.1. The van der Waals surface area contributed by atoms with Crippen LogP contribution < -0.4 is 20.3 Å². The molecule has 1 amide bonds. The molecule has 40 heavy (non-hydrogen) atoms. The Morgan fingerprint density at radius 3 is 2.60 bits per heavy atom. The lowest BCUT2D eigenvalue weighted by Crippen LogP contribution is -2.23. The Bertz CT molecular complexity index is 1640. The first kappa shape index (κ1) is 29.4. The highest BCUT2D eigenvalue weighted by molar-refractivity contribution is 9.10. The maximum absolute atomic E-state index is 13.9. The molecule has 4 rings (SSSR count). The molecule has 0 saturated carbocycles. The van der Waals surface area contributed by atoms with Crippen LogP contribution in [0.15, 0.2) is 73.4 Å². The molecule has 0 fully saturated rings. The summed E-state index contributed by atoms with van der Waals surface area (Å²) >= 11 is 6.94. The zero-order chi connectivity index (χ0) is 28.8. The molecule has 0 aliphatic heterocycles. The van der Waals surface area contributed by atoms with E-state index in [2.05, 4.69) is 42.3 Å². The lowest BCUT2D eigenvalue weighted by Gasteiger charge is -2.15. The molecule has 1 N–H and O–H groups in total. The topological polar surface area (TPSA) is 94.8 Å². The summed E-state index contributed by atoms with van der Waals surface area (Å²) in [4.78, 5) is 30.5.